The molecule has 0 aliphatic carbocycles. The van der Waals surface area contributed by atoms with Gasteiger partial charge in [0.2, 0.25) is 0 Å². The molecule has 1 saturated heterocycles. The van der Waals surface area contributed by atoms with Crippen LogP contribution in [0, 0.1) is 0 Å². The van der Waals surface area contributed by atoms with E-state index in [9.17, 15) is 0 Å². The van der Waals surface area contributed by atoms with Crippen molar-refractivity contribution in [1.82, 2.24) is 19.8 Å². The number of H-pyrrole nitrogens is 1. The van der Waals surface area contributed by atoms with E-state index in [2.05, 4.69) is 44.0 Å². The van der Waals surface area contributed by atoms with E-state index in [1.54, 1.807) is 6.20 Å². The van der Waals surface area contributed by atoms with Crippen LogP contribution in [0.5, 0.6) is 0 Å². The molecular formula is C19H29N5S. The first-order valence-electron chi connectivity index (χ1n) is 9.12. The van der Waals surface area contributed by atoms with Crippen molar-refractivity contribution in [2.75, 3.05) is 51.6 Å². The lowest BCUT2D eigenvalue weighted by Crippen LogP contribution is -2.48. The number of nitrogens with two attached hydrogens (primary N) is 1. The maximum absolute atomic E-state index is 5.63. The van der Waals surface area contributed by atoms with Crippen LogP contribution in [-0.4, -0.2) is 71.3 Å². The topological polar surface area (TPSA) is 61.2 Å². The van der Waals surface area contributed by atoms with Crippen LogP contribution in [0.15, 0.2) is 36.7 Å². The third kappa shape index (κ3) is 6.15. The highest BCUT2D eigenvalue weighted by Crippen LogP contribution is 2.15. The minimum absolute atomic E-state index is 0.774. The van der Waals surface area contributed by atoms with Crippen LogP contribution in [0.4, 0.5) is 0 Å². The summed E-state index contributed by atoms with van der Waals surface area (Å²) in [6, 6.07) is 8.93. The van der Waals surface area contributed by atoms with Gasteiger partial charge in [-0.25, -0.2) is 4.98 Å². The fourth-order valence-electron chi connectivity index (χ4n) is 3.14. The van der Waals surface area contributed by atoms with E-state index in [4.69, 9.17) is 5.73 Å². The molecule has 1 aromatic heterocycles. The monoisotopic (exact) mass is 359 g/mol. The van der Waals surface area contributed by atoms with E-state index in [0.717, 1.165) is 31.1 Å². The first-order chi connectivity index (χ1) is 12.3. The molecule has 0 unspecified atom stereocenters. The molecule has 2 heterocycles. The third-order valence-electron chi connectivity index (χ3n) is 4.68. The van der Waals surface area contributed by atoms with Crippen LogP contribution < -0.4 is 5.73 Å². The molecule has 136 valence electrons. The van der Waals surface area contributed by atoms with Crippen molar-refractivity contribution in [3.05, 3.63) is 53.6 Å². The molecule has 0 atom stereocenters. The summed E-state index contributed by atoms with van der Waals surface area (Å²) in [7, 11) is 0. The molecular weight excluding hydrogens is 330 g/mol. The van der Waals surface area contributed by atoms with Gasteiger partial charge in [-0.15, -0.1) is 0 Å². The fraction of sp³-hybridized carbons (Fsp3) is 0.526. The molecule has 2 aromatic rings. The van der Waals surface area contributed by atoms with E-state index in [1.807, 2.05) is 18.0 Å². The summed E-state index contributed by atoms with van der Waals surface area (Å²) in [5, 5.41) is 0. The number of piperazine rings is 1. The number of imidazole rings is 1. The van der Waals surface area contributed by atoms with Crippen LogP contribution in [0.2, 0.25) is 0 Å². The Morgan fingerprint density at radius 3 is 2.32 bits per heavy atom. The number of hydrogen-bond acceptors (Lipinski definition) is 5. The number of hydrogen-bond donors (Lipinski definition) is 2. The largest absolute Gasteiger partial charge is 0.348 e. The average Bonchev–Trinajstić information content (AvgIpc) is 3.15. The average molecular weight is 360 g/mol. The van der Waals surface area contributed by atoms with Gasteiger partial charge in [-0.3, -0.25) is 9.80 Å². The number of thioether (sulfide) groups is 1. The SMILES string of the molecule is NCCN1CCN(CCSCc2ccc(Cc3ncc[nH]3)cc2)CC1. The van der Waals surface area contributed by atoms with Gasteiger partial charge in [0, 0.05) is 76.1 Å². The van der Waals surface area contributed by atoms with E-state index in [1.165, 1.54) is 49.6 Å². The summed E-state index contributed by atoms with van der Waals surface area (Å²) in [6.45, 7) is 7.70. The fourth-order valence-corrected chi connectivity index (χ4v) is 4.10. The van der Waals surface area contributed by atoms with Gasteiger partial charge in [-0.1, -0.05) is 24.3 Å². The van der Waals surface area contributed by atoms with Crippen molar-refractivity contribution in [2.24, 2.45) is 5.73 Å². The molecule has 0 amide bonds. The number of nitrogens with one attached hydrogen (secondary N) is 1. The van der Waals surface area contributed by atoms with Crippen molar-refractivity contribution in [3.8, 4) is 0 Å². The molecule has 1 aliphatic rings. The highest BCUT2D eigenvalue weighted by Gasteiger charge is 2.15. The molecule has 5 nitrogen and oxygen atoms in total. The van der Waals surface area contributed by atoms with Crippen molar-refractivity contribution < 1.29 is 0 Å². The van der Waals surface area contributed by atoms with E-state index in [-0.39, 0.29) is 0 Å². The first kappa shape index (κ1) is 18.5. The lowest BCUT2D eigenvalue weighted by molar-refractivity contribution is 0.141. The maximum atomic E-state index is 5.63. The zero-order chi connectivity index (χ0) is 17.3. The summed E-state index contributed by atoms with van der Waals surface area (Å²) in [6.07, 6.45) is 4.55. The quantitative estimate of drug-likeness (QED) is 0.669. The number of rotatable bonds is 9. The van der Waals surface area contributed by atoms with Crippen molar-refractivity contribution in [1.29, 1.82) is 0 Å². The molecule has 6 heteroatoms. The zero-order valence-corrected chi connectivity index (χ0v) is 15.7. The molecule has 0 radical (unpaired) electrons. The third-order valence-corrected chi connectivity index (χ3v) is 5.69. The van der Waals surface area contributed by atoms with Crippen molar-refractivity contribution in [2.45, 2.75) is 12.2 Å². The molecule has 1 fully saturated rings. The van der Waals surface area contributed by atoms with Gasteiger partial charge < -0.3 is 10.7 Å². The summed E-state index contributed by atoms with van der Waals surface area (Å²) < 4.78 is 0. The van der Waals surface area contributed by atoms with E-state index >= 15 is 0 Å². The van der Waals surface area contributed by atoms with Crippen molar-refractivity contribution >= 4 is 11.8 Å². The summed E-state index contributed by atoms with van der Waals surface area (Å²) in [4.78, 5) is 12.5. The van der Waals surface area contributed by atoms with E-state index < -0.39 is 0 Å². The molecule has 25 heavy (non-hydrogen) atoms. The highest BCUT2D eigenvalue weighted by atomic mass is 32.2. The van der Waals surface area contributed by atoms with Gasteiger partial charge in [0.1, 0.15) is 5.82 Å². The standard InChI is InChI=1S/C19H29N5S/c20-5-8-23-9-11-24(12-10-23)13-14-25-16-18-3-1-17(2-4-18)15-19-21-6-7-22-19/h1-4,6-7H,5,8-16,20H2,(H,21,22). The lowest BCUT2D eigenvalue weighted by atomic mass is 10.1. The molecule has 1 aliphatic heterocycles. The second kappa shape index (κ2) is 9.97. The minimum atomic E-state index is 0.774. The Balaban J connectivity index is 1.31. The Kier molecular flexibility index (Phi) is 7.36. The van der Waals surface area contributed by atoms with Gasteiger partial charge in [0.05, 0.1) is 0 Å². The Bertz CT molecular complexity index is 591. The van der Waals surface area contributed by atoms with Gasteiger partial charge in [0.15, 0.2) is 0 Å². The van der Waals surface area contributed by atoms with Crippen LogP contribution >= 0.6 is 11.8 Å². The molecule has 1 aromatic carbocycles. The lowest BCUT2D eigenvalue weighted by Gasteiger charge is -2.34. The number of benzene rings is 1. The summed E-state index contributed by atoms with van der Waals surface area (Å²) >= 11 is 2.03. The summed E-state index contributed by atoms with van der Waals surface area (Å²) in [5.74, 6) is 3.31. The smallest absolute Gasteiger partial charge is 0.110 e. The number of aromatic nitrogens is 2. The van der Waals surface area contributed by atoms with E-state index in [0.29, 0.717) is 0 Å². The van der Waals surface area contributed by atoms with Gasteiger partial charge in [-0.2, -0.15) is 11.8 Å². The predicted molar refractivity (Wildman–Crippen MR) is 106 cm³/mol. The molecule has 0 bridgehead atoms. The van der Waals surface area contributed by atoms with Gasteiger partial charge in [0.25, 0.3) is 0 Å². The van der Waals surface area contributed by atoms with Crippen LogP contribution in [0.1, 0.15) is 17.0 Å². The Hall–Kier alpha value is -1.34. The molecule has 0 saturated carbocycles. The van der Waals surface area contributed by atoms with Crippen LogP contribution in [0.3, 0.4) is 0 Å². The van der Waals surface area contributed by atoms with Gasteiger partial charge >= 0.3 is 0 Å². The second-order valence-electron chi connectivity index (χ2n) is 6.55. The molecule has 3 N–H and O–H groups in total. The zero-order valence-electron chi connectivity index (χ0n) is 14.9. The second-order valence-corrected chi connectivity index (χ2v) is 7.66. The Morgan fingerprint density at radius 1 is 1.00 bits per heavy atom. The number of aromatic amines is 1. The Morgan fingerprint density at radius 2 is 1.68 bits per heavy atom. The Labute approximate surface area is 155 Å². The maximum Gasteiger partial charge on any atom is 0.110 e. The number of nitrogens with zero attached hydrogens (tertiary/aromatic N) is 3. The summed E-state index contributed by atoms with van der Waals surface area (Å²) in [5.41, 5.74) is 8.34. The van der Waals surface area contributed by atoms with Crippen LogP contribution in [-0.2, 0) is 12.2 Å². The van der Waals surface area contributed by atoms with Gasteiger partial charge in [-0.05, 0) is 11.1 Å². The molecule has 0 spiro atoms. The minimum Gasteiger partial charge on any atom is -0.348 e. The predicted octanol–water partition coefficient (Wildman–Crippen LogP) is 1.81. The first-order valence-corrected chi connectivity index (χ1v) is 10.3. The highest BCUT2D eigenvalue weighted by molar-refractivity contribution is 7.98. The van der Waals surface area contributed by atoms with Crippen LogP contribution in [0.25, 0.3) is 0 Å². The van der Waals surface area contributed by atoms with Crippen molar-refractivity contribution in [3.63, 3.8) is 0 Å². The normalized spacial score (nSPS) is 16.4. The molecule has 3 rings (SSSR count).